The summed E-state index contributed by atoms with van der Waals surface area (Å²) >= 11 is 0. The Hall–Kier alpha value is -0.830. The quantitative estimate of drug-likeness (QED) is 0.480. The lowest BCUT2D eigenvalue weighted by Crippen LogP contribution is -2.53. The molecule has 0 aromatic heterocycles. The number of methoxy groups -OCH3 is 1. The van der Waals surface area contributed by atoms with Gasteiger partial charge in [-0.15, -0.1) is 0 Å². The molecule has 3 unspecified atom stereocenters. The molecular formula is C26H42O3. The average molecular weight is 403 g/mol. The van der Waals surface area contributed by atoms with Crippen molar-refractivity contribution in [3.8, 4) is 0 Å². The van der Waals surface area contributed by atoms with Crippen molar-refractivity contribution in [2.45, 2.75) is 91.6 Å². The highest BCUT2D eigenvalue weighted by molar-refractivity contribution is 5.69. The second-order valence-electron chi connectivity index (χ2n) is 11.5. The number of aliphatic hydroxyl groups excluding tert-OH is 1. The first-order valence-electron chi connectivity index (χ1n) is 12.2. The molecule has 4 rings (SSSR count). The third-order valence-corrected chi connectivity index (χ3v) is 10.2. The molecule has 0 amide bonds. The van der Waals surface area contributed by atoms with Gasteiger partial charge in [0.15, 0.2) is 0 Å². The molecule has 29 heavy (non-hydrogen) atoms. The molecule has 3 nitrogen and oxygen atoms in total. The zero-order chi connectivity index (χ0) is 21.0. The number of allylic oxidation sites excluding steroid dienone is 1. The molecule has 0 saturated heterocycles. The largest absolute Gasteiger partial charge is 0.469 e. The van der Waals surface area contributed by atoms with Gasteiger partial charge in [0.1, 0.15) is 0 Å². The normalized spacial score (nSPS) is 47.4. The van der Waals surface area contributed by atoms with Crippen molar-refractivity contribution in [2.24, 2.45) is 46.3 Å². The number of rotatable bonds is 4. The summed E-state index contributed by atoms with van der Waals surface area (Å²) in [4.78, 5) is 11.7. The summed E-state index contributed by atoms with van der Waals surface area (Å²) < 4.78 is 4.86. The summed E-state index contributed by atoms with van der Waals surface area (Å²) in [7, 11) is 1.47. The van der Waals surface area contributed by atoms with Gasteiger partial charge in [0.2, 0.25) is 0 Å². The lowest BCUT2D eigenvalue weighted by Gasteiger charge is -2.58. The van der Waals surface area contributed by atoms with Crippen LogP contribution in [0.2, 0.25) is 0 Å². The fourth-order valence-electron chi connectivity index (χ4n) is 8.35. The molecule has 4 aliphatic rings. The van der Waals surface area contributed by atoms with E-state index in [2.05, 4.69) is 33.8 Å². The first kappa shape index (κ1) is 21.4. The van der Waals surface area contributed by atoms with Crippen LogP contribution >= 0.6 is 0 Å². The molecule has 3 fully saturated rings. The van der Waals surface area contributed by atoms with Crippen LogP contribution in [0.3, 0.4) is 0 Å². The fourth-order valence-corrected chi connectivity index (χ4v) is 8.35. The maximum absolute atomic E-state index is 11.7. The van der Waals surface area contributed by atoms with Crippen LogP contribution in [-0.2, 0) is 9.53 Å². The molecule has 3 saturated carbocycles. The summed E-state index contributed by atoms with van der Waals surface area (Å²) in [6.07, 6.45) is 12.5. The average Bonchev–Trinajstić information content (AvgIpc) is 3.06. The molecule has 9 atom stereocenters. The maximum atomic E-state index is 11.7. The Labute approximate surface area is 177 Å². The summed E-state index contributed by atoms with van der Waals surface area (Å²) in [5.41, 5.74) is 1.89. The van der Waals surface area contributed by atoms with Gasteiger partial charge >= 0.3 is 5.97 Å². The van der Waals surface area contributed by atoms with E-state index in [1.807, 2.05) is 0 Å². The van der Waals surface area contributed by atoms with E-state index in [-0.39, 0.29) is 17.5 Å². The van der Waals surface area contributed by atoms with E-state index in [1.54, 1.807) is 5.57 Å². The van der Waals surface area contributed by atoms with Gasteiger partial charge in [-0.2, -0.15) is 0 Å². The first-order valence-corrected chi connectivity index (χ1v) is 12.2. The van der Waals surface area contributed by atoms with E-state index in [9.17, 15) is 9.90 Å². The lowest BCUT2D eigenvalue weighted by molar-refractivity contribution is -0.141. The van der Waals surface area contributed by atoms with Gasteiger partial charge in [-0.1, -0.05) is 39.3 Å². The molecule has 3 heteroatoms. The van der Waals surface area contributed by atoms with E-state index in [1.165, 1.54) is 52.1 Å². The monoisotopic (exact) mass is 402 g/mol. The standard InChI is InChI=1S/C26H42O3/c1-16-12-13-25(3)18(14-16)7-8-19-21-10-9-20(17(2)6-11-24(28)29-5)26(21,4)23(27)15-22(19)25/h15-21,23,27H,6-14H2,1-5H3/t16-,17-,18-,19?,20-,21?,23?,25+,26-/m1/s1. The molecule has 0 aromatic carbocycles. The third kappa shape index (κ3) is 3.30. The van der Waals surface area contributed by atoms with Crippen molar-refractivity contribution in [1.29, 1.82) is 0 Å². The van der Waals surface area contributed by atoms with Gasteiger partial charge in [-0.05, 0) is 92.3 Å². The van der Waals surface area contributed by atoms with Crippen LogP contribution in [0.25, 0.3) is 0 Å². The molecule has 4 aliphatic carbocycles. The maximum Gasteiger partial charge on any atom is 0.305 e. The Morgan fingerprint density at radius 2 is 2.00 bits per heavy atom. The zero-order valence-corrected chi connectivity index (χ0v) is 19.2. The number of esters is 1. The van der Waals surface area contributed by atoms with E-state index in [0.717, 1.165) is 18.3 Å². The lowest BCUT2D eigenvalue weighted by atomic mass is 9.47. The van der Waals surface area contributed by atoms with Crippen molar-refractivity contribution < 1.29 is 14.6 Å². The van der Waals surface area contributed by atoms with E-state index < -0.39 is 0 Å². The SMILES string of the molecule is COC(=O)CC[C@@H](C)[C@H]1CCC2C3CC[C@@H]4C[C@H](C)CC[C@]4(C)C3=CC(O)[C@@]21C. The Bertz CT molecular complexity index is 669. The highest BCUT2D eigenvalue weighted by atomic mass is 16.5. The summed E-state index contributed by atoms with van der Waals surface area (Å²) in [5, 5.41) is 11.5. The number of fused-ring (bicyclic) bond motifs is 5. The Morgan fingerprint density at radius 3 is 2.72 bits per heavy atom. The number of ether oxygens (including phenoxy) is 1. The minimum atomic E-state index is -0.346. The smallest absolute Gasteiger partial charge is 0.305 e. The van der Waals surface area contributed by atoms with Gasteiger partial charge in [-0.25, -0.2) is 0 Å². The van der Waals surface area contributed by atoms with Gasteiger partial charge in [0.25, 0.3) is 0 Å². The van der Waals surface area contributed by atoms with Crippen molar-refractivity contribution >= 4 is 5.97 Å². The Morgan fingerprint density at radius 1 is 1.24 bits per heavy atom. The minimum Gasteiger partial charge on any atom is -0.469 e. The molecule has 0 radical (unpaired) electrons. The first-order chi connectivity index (χ1) is 13.7. The van der Waals surface area contributed by atoms with E-state index in [0.29, 0.717) is 35.5 Å². The molecule has 0 aliphatic heterocycles. The molecule has 0 bridgehead atoms. The van der Waals surface area contributed by atoms with Crippen LogP contribution in [0.1, 0.15) is 85.5 Å². The topological polar surface area (TPSA) is 46.5 Å². The van der Waals surface area contributed by atoms with Gasteiger partial charge in [0.05, 0.1) is 13.2 Å². The fraction of sp³-hybridized carbons (Fsp3) is 0.885. The van der Waals surface area contributed by atoms with Crippen molar-refractivity contribution in [3.05, 3.63) is 11.6 Å². The van der Waals surface area contributed by atoms with Crippen LogP contribution in [0.15, 0.2) is 11.6 Å². The van der Waals surface area contributed by atoms with Crippen LogP contribution < -0.4 is 0 Å². The number of hydrogen-bond donors (Lipinski definition) is 1. The van der Waals surface area contributed by atoms with Crippen LogP contribution in [0, 0.1) is 46.3 Å². The molecule has 0 aromatic rings. The van der Waals surface area contributed by atoms with Crippen LogP contribution in [0.4, 0.5) is 0 Å². The summed E-state index contributed by atoms with van der Waals surface area (Å²) in [6.45, 7) is 9.58. The highest BCUT2D eigenvalue weighted by Gasteiger charge is 2.60. The van der Waals surface area contributed by atoms with Gasteiger partial charge in [-0.3, -0.25) is 4.79 Å². The predicted octanol–water partition coefficient (Wildman–Crippen LogP) is 5.76. The summed E-state index contributed by atoms with van der Waals surface area (Å²) in [5.74, 6) is 3.74. The van der Waals surface area contributed by atoms with E-state index in [4.69, 9.17) is 4.74 Å². The number of carbonyl (C=O) groups is 1. The second-order valence-corrected chi connectivity index (χ2v) is 11.5. The number of carbonyl (C=O) groups excluding carboxylic acids is 1. The van der Waals surface area contributed by atoms with Crippen LogP contribution in [-0.4, -0.2) is 24.3 Å². The van der Waals surface area contributed by atoms with Gasteiger partial charge < -0.3 is 9.84 Å². The van der Waals surface area contributed by atoms with Crippen molar-refractivity contribution in [1.82, 2.24) is 0 Å². The Balaban J connectivity index is 1.59. The predicted molar refractivity (Wildman–Crippen MR) is 116 cm³/mol. The molecule has 1 N–H and O–H groups in total. The number of aliphatic hydroxyl groups is 1. The van der Waals surface area contributed by atoms with Crippen molar-refractivity contribution in [2.75, 3.05) is 7.11 Å². The number of hydrogen-bond acceptors (Lipinski definition) is 3. The third-order valence-electron chi connectivity index (χ3n) is 10.2. The van der Waals surface area contributed by atoms with Crippen LogP contribution in [0.5, 0.6) is 0 Å². The van der Waals surface area contributed by atoms with Gasteiger partial charge in [0, 0.05) is 11.8 Å². The summed E-state index contributed by atoms with van der Waals surface area (Å²) in [6, 6.07) is 0. The molecular weight excluding hydrogens is 360 g/mol. The highest BCUT2D eigenvalue weighted by Crippen LogP contribution is 2.66. The zero-order valence-electron chi connectivity index (χ0n) is 19.2. The second kappa shape index (κ2) is 7.70. The Kier molecular flexibility index (Phi) is 5.68. The minimum absolute atomic E-state index is 0.0468. The van der Waals surface area contributed by atoms with Crippen molar-refractivity contribution in [3.63, 3.8) is 0 Å². The molecule has 0 heterocycles. The molecule has 164 valence electrons. The van der Waals surface area contributed by atoms with E-state index >= 15 is 0 Å². The molecule has 0 spiro atoms.